The van der Waals surface area contributed by atoms with Crippen molar-refractivity contribution in [2.75, 3.05) is 13.2 Å². The van der Waals surface area contributed by atoms with Crippen molar-refractivity contribution in [3.05, 3.63) is 48.6 Å². The predicted octanol–water partition coefficient (Wildman–Crippen LogP) is 10.2. The van der Waals surface area contributed by atoms with E-state index in [0.717, 1.165) is 64.2 Å². The number of unbranched alkanes of at least 4 members (excludes halogenated alkanes) is 23. The Bertz CT molecular complexity index is 1050. The molecule has 1 fully saturated rings. The summed E-state index contributed by atoms with van der Waals surface area (Å²) in [7, 11) is 0. The van der Waals surface area contributed by atoms with Gasteiger partial charge in [0.1, 0.15) is 24.4 Å². The fraction of sp³-hybridized carbons (Fsp3) is 0.816. The summed E-state index contributed by atoms with van der Waals surface area (Å²) in [6.45, 7) is 3.73. The molecule has 1 rings (SSSR count). The van der Waals surface area contributed by atoms with Crippen molar-refractivity contribution in [2.45, 2.75) is 243 Å². The van der Waals surface area contributed by atoms with Crippen molar-refractivity contribution >= 4 is 5.91 Å². The number of aliphatic hydroxyl groups is 5. The highest BCUT2D eigenvalue weighted by atomic mass is 16.7. The van der Waals surface area contributed by atoms with Gasteiger partial charge in [0.15, 0.2) is 6.29 Å². The standard InChI is InChI=1S/C49H89NO8/c1-3-5-7-9-11-13-15-17-19-20-21-22-23-24-25-26-28-30-32-34-36-38-43(52)42(41-57-49-48(56)47(55)46(54)44(40-51)58-49)50-45(53)39-37-35-33-31-29-27-18-16-14-12-10-8-6-4-2/h16,18,23-24,28,30,36,38,42-44,46-49,51-52,54-56H,3-15,17,19-22,25-27,29,31-35,37,39-41H2,1-2H3,(H,50,53)/b18-16-,24-23+,30-28+,38-36+. The van der Waals surface area contributed by atoms with Gasteiger partial charge in [0.2, 0.25) is 5.91 Å². The molecule has 0 aromatic rings. The van der Waals surface area contributed by atoms with E-state index in [4.69, 9.17) is 9.47 Å². The monoisotopic (exact) mass is 820 g/mol. The number of nitrogens with one attached hydrogen (secondary N) is 1. The van der Waals surface area contributed by atoms with Crippen molar-refractivity contribution in [3.63, 3.8) is 0 Å². The van der Waals surface area contributed by atoms with Crippen LogP contribution in [0.3, 0.4) is 0 Å². The van der Waals surface area contributed by atoms with Gasteiger partial charge in [0.25, 0.3) is 0 Å². The molecular formula is C49H89NO8. The fourth-order valence-electron chi connectivity index (χ4n) is 7.24. The van der Waals surface area contributed by atoms with Gasteiger partial charge in [-0.25, -0.2) is 0 Å². The quantitative estimate of drug-likeness (QED) is 0.0265. The van der Waals surface area contributed by atoms with Gasteiger partial charge < -0.3 is 40.3 Å². The van der Waals surface area contributed by atoms with E-state index >= 15 is 0 Å². The van der Waals surface area contributed by atoms with E-state index in [1.165, 1.54) is 116 Å². The van der Waals surface area contributed by atoms with Gasteiger partial charge in [0, 0.05) is 6.42 Å². The van der Waals surface area contributed by atoms with Gasteiger partial charge in [0.05, 0.1) is 25.4 Å². The van der Waals surface area contributed by atoms with Crippen LogP contribution in [-0.2, 0) is 14.3 Å². The second kappa shape index (κ2) is 39.3. The molecule has 9 nitrogen and oxygen atoms in total. The van der Waals surface area contributed by atoms with Crippen molar-refractivity contribution in [2.24, 2.45) is 0 Å². The molecule has 338 valence electrons. The number of rotatable bonds is 39. The summed E-state index contributed by atoms with van der Waals surface area (Å²) in [4.78, 5) is 12.9. The molecule has 0 bridgehead atoms. The van der Waals surface area contributed by atoms with Crippen LogP contribution in [0.25, 0.3) is 0 Å². The summed E-state index contributed by atoms with van der Waals surface area (Å²) < 4.78 is 11.2. The number of aliphatic hydroxyl groups excluding tert-OH is 5. The average Bonchev–Trinajstić information content (AvgIpc) is 3.22. The SMILES string of the molecule is CCCCCCC/C=C\CCCCCCCC(=O)NC(COC1OC(CO)C(O)C(O)C1O)C(O)/C=C/CC/C=C/CC/C=C/CCCCCCCCCCCCC. The van der Waals surface area contributed by atoms with Crippen LogP contribution in [0, 0.1) is 0 Å². The first-order valence-electron chi connectivity index (χ1n) is 23.9. The normalized spacial score (nSPS) is 21.3. The minimum atomic E-state index is -1.58. The highest BCUT2D eigenvalue weighted by Gasteiger charge is 2.44. The summed E-state index contributed by atoms with van der Waals surface area (Å²) in [5.74, 6) is -0.201. The van der Waals surface area contributed by atoms with E-state index in [1.807, 2.05) is 6.08 Å². The van der Waals surface area contributed by atoms with Crippen LogP contribution in [0.1, 0.15) is 200 Å². The van der Waals surface area contributed by atoms with Crippen LogP contribution in [-0.4, -0.2) is 87.5 Å². The maximum Gasteiger partial charge on any atom is 0.220 e. The Kier molecular flexibility index (Phi) is 36.7. The highest BCUT2D eigenvalue weighted by molar-refractivity contribution is 5.76. The largest absolute Gasteiger partial charge is 0.394 e. The Balaban J connectivity index is 2.38. The average molecular weight is 820 g/mol. The zero-order chi connectivity index (χ0) is 42.3. The summed E-state index contributed by atoms with van der Waals surface area (Å²) in [6.07, 6.45) is 43.0. The summed E-state index contributed by atoms with van der Waals surface area (Å²) in [5.41, 5.74) is 0. The topological polar surface area (TPSA) is 149 Å². The molecule has 1 aliphatic rings. The van der Waals surface area contributed by atoms with E-state index in [-0.39, 0.29) is 12.5 Å². The van der Waals surface area contributed by atoms with Crippen LogP contribution in [0.15, 0.2) is 48.6 Å². The van der Waals surface area contributed by atoms with Crippen LogP contribution in [0.4, 0.5) is 0 Å². The minimum absolute atomic E-state index is 0.201. The molecule has 0 aliphatic carbocycles. The Morgan fingerprint density at radius 3 is 1.45 bits per heavy atom. The third kappa shape index (κ3) is 29.4. The number of allylic oxidation sites excluding steroid dienone is 7. The highest BCUT2D eigenvalue weighted by Crippen LogP contribution is 2.22. The maximum absolute atomic E-state index is 12.9. The minimum Gasteiger partial charge on any atom is -0.394 e. The smallest absolute Gasteiger partial charge is 0.220 e. The van der Waals surface area contributed by atoms with Crippen LogP contribution < -0.4 is 5.32 Å². The molecule has 58 heavy (non-hydrogen) atoms. The molecule has 6 N–H and O–H groups in total. The molecule has 1 heterocycles. The van der Waals surface area contributed by atoms with Gasteiger partial charge in [-0.3, -0.25) is 4.79 Å². The number of amides is 1. The van der Waals surface area contributed by atoms with Crippen LogP contribution >= 0.6 is 0 Å². The zero-order valence-corrected chi connectivity index (χ0v) is 37.0. The molecule has 0 radical (unpaired) electrons. The Labute approximate surface area is 354 Å². The molecule has 1 amide bonds. The van der Waals surface area contributed by atoms with Crippen molar-refractivity contribution < 1.29 is 39.8 Å². The van der Waals surface area contributed by atoms with Gasteiger partial charge in [-0.05, 0) is 70.6 Å². The Hall–Kier alpha value is -1.85. The molecule has 7 unspecified atom stereocenters. The van der Waals surface area contributed by atoms with Crippen molar-refractivity contribution in [3.8, 4) is 0 Å². The first-order chi connectivity index (χ1) is 28.3. The summed E-state index contributed by atoms with van der Waals surface area (Å²) >= 11 is 0. The number of carbonyl (C=O) groups excluding carboxylic acids is 1. The Morgan fingerprint density at radius 2 is 0.983 bits per heavy atom. The first kappa shape index (κ1) is 54.2. The van der Waals surface area contributed by atoms with E-state index in [0.29, 0.717) is 6.42 Å². The molecule has 1 saturated heterocycles. The van der Waals surface area contributed by atoms with Gasteiger partial charge >= 0.3 is 0 Å². The lowest BCUT2D eigenvalue weighted by molar-refractivity contribution is -0.302. The van der Waals surface area contributed by atoms with E-state index < -0.39 is 49.5 Å². The lowest BCUT2D eigenvalue weighted by Gasteiger charge is -2.40. The molecular weight excluding hydrogens is 731 g/mol. The second-order valence-corrected chi connectivity index (χ2v) is 16.5. The van der Waals surface area contributed by atoms with E-state index in [2.05, 4.69) is 55.6 Å². The molecule has 0 spiro atoms. The number of hydrogen-bond acceptors (Lipinski definition) is 8. The zero-order valence-electron chi connectivity index (χ0n) is 37.0. The molecule has 0 aromatic carbocycles. The van der Waals surface area contributed by atoms with Gasteiger partial charge in [-0.1, -0.05) is 172 Å². The van der Waals surface area contributed by atoms with Gasteiger partial charge in [-0.15, -0.1) is 0 Å². The van der Waals surface area contributed by atoms with Crippen LogP contribution in [0.5, 0.6) is 0 Å². The number of carbonyl (C=O) groups is 1. The van der Waals surface area contributed by atoms with E-state index in [1.54, 1.807) is 6.08 Å². The van der Waals surface area contributed by atoms with E-state index in [9.17, 15) is 30.3 Å². The third-order valence-electron chi connectivity index (χ3n) is 11.1. The third-order valence-corrected chi connectivity index (χ3v) is 11.1. The lowest BCUT2D eigenvalue weighted by Crippen LogP contribution is -2.60. The number of ether oxygens (including phenoxy) is 2. The molecule has 9 heteroatoms. The number of hydrogen-bond donors (Lipinski definition) is 6. The molecule has 7 atom stereocenters. The van der Waals surface area contributed by atoms with Crippen molar-refractivity contribution in [1.29, 1.82) is 0 Å². The molecule has 0 saturated carbocycles. The molecule has 1 aliphatic heterocycles. The summed E-state index contributed by atoms with van der Waals surface area (Å²) in [5, 5.41) is 54.2. The predicted molar refractivity (Wildman–Crippen MR) is 239 cm³/mol. The summed E-state index contributed by atoms with van der Waals surface area (Å²) in [6, 6.07) is -0.831. The molecule has 0 aromatic heterocycles. The lowest BCUT2D eigenvalue weighted by atomic mass is 9.99. The maximum atomic E-state index is 12.9. The second-order valence-electron chi connectivity index (χ2n) is 16.5. The Morgan fingerprint density at radius 1 is 0.569 bits per heavy atom. The van der Waals surface area contributed by atoms with Crippen molar-refractivity contribution in [1.82, 2.24) is 5.32 Å². The first-order valence-corrected chi connectivity index (χ1v) is 23.9. The van der Waals surface area contributed by atoms with Gasteiger partial charge in [-0.2, -0.15) is 0 Å². The van der Waals surface area contributed by atoms with Crippen LogP contribution in [0.2, 0.25) is 0 Å². The fourth-order valence-corrected chi connectivity index (χ4v) is 7.24.